The minimum absolute atomic E-state index is 0.547. The number of aromatic nitrogens is 2. The Bertz CT molecular complexity index is 973. The molecule has 0 amide bonds. The Balaban J connectivity index is 1.65. The quantitative estimate of drug-likeness (QED) is 0.444. The van der Waals surface area contributed by atoms with Gasteiger partial charge in [0.2, 0.25) is 0 Å². The van der Waals surface area contributed by atoms with Gasteiger partial charge in [-0.3, -0.25) is 0 Å². The van der Waals surface area contributed by atoms with Crippen molar-refractivity contribution in [2.45, 2.75) is 0 Å². The molecule has 5 heteroatoms. The summed E-state index contributed by atoms with van der Waals surface area (Å²) in [6, 6.07) is 19.2. The van der Waals surface area contributed by atoms with Crippen molar-refractivity contribution in [3.63, 3.8) is 0 Å². The lowest BCUT2D eigenvalue weighted by atomic mass is 10.1. The van der Waals surface area contributed by atoms with Crippen LogP contribution in [-0.2, 0) is 0 Å². The maximum atomic E-state index is 6.23. The smallest absolute Gasteiger partial charge is 0.167 e. The minimum atomic E-state index is 0.547. The standard InChI is InChI=1S/C19H12Cl2N2O/c20-14-5-8-16(17(21)11-14)18-12-19(24-22-18)13-3-6-15(7-4-13)23-9-1-2-10-23/h1-12H. The largest absolute Gasteiger partial charge is 0.356 e. The van der Waals surface area contributed by atoms with Gasteiger partial charge in [0, 0.05) is 40.3 Å². The van der Waals surface area contributed by atoms with Crippen LogP contribution in [0.2, 0.25) is 10.0 Å². The van der Waals surface area contributed by atoms with Crippen LogP contribution in [0, 0.1) is 0 Å². The van der Waals surface area contributed by atoms with Gasteiger partial charge >= 0.3 is 0 Å². The first-order valence-electron chi connectivity index (χ1n) is 7.37. The average molecular weight is 355 g/mol. The van der Waals surface area contributed by atoms with Crippen LogP contribution >= 0.6 is 23.2 Å². The van der Waals surface area contributed by atoms with E-state index in [-0.39, 0.29) is 0 Å². The minimum Gasteiger partial charge on any atom is -0.356 e. The molecule has 0 bridgehead atoms. The Hall–Kier alpha value is -2.49. The molecule has 0 saturated heterocycles. The van der Waals surface area contributed by atoms with E-state index in [0.29, 0.717) is 21.5 Å². The second-order valence-corrected chi connectivity index (χ2v) is 6.18. The number of benzene rings is 2. The normalized spacial score (nSPS) is 10.9. The predicted molar refractivity (Wildman–Crippen MR) is 96.7 cm³/mol. The van der Waals surface area contributed by atoms with Crippen molar-refractivity contribution in [3.05, 3.63) is 83.1 Å². The summed E-state index contributed by atoms with van der Waals surface area (Å²) in [5.74, 6) is 0.690. The van der Waals surface area contributed by atoms with E-state index in [2.05, 4.69) is 5.16 Å². The van der Waals surface area contributed by atoms with Crippen LogP contribution in [0.5, 0.6) is 0 Å². The number of nitrogens with zero attached hydrogens (tertiary/aromatic N) is 2. The van der Waals surface area contributed by atoms with Crippen molar-refractivity contribution in [2.24, 2.45) is 0 Å². The lowest BCUT2D eigenvalue weighted by Gasteiger charge is -2.03. The molecule has 4 rings (SSSR count). The van der Waals surface area contributed by atoms with Crippen molar-refractivity contribution in [3.8, 4) is 28.3 Å². The van der Waals surface area contributed by atoms with E-state index in [1.54, 1.807) is 12.1 Å². The molecule has 2 heterocycles. The summed E-state index contributed by atoms with van der Waals surface area (Å²) < 4.78 is 7.52. The molecule has 0 saturated carbocycles. The zero-order chi connectivity index (χ0) is 16.5. The first kappa shape index (κ1) is 15.1. The highest BCUT2D eigenvalue weighted by Crippen LogP contribution is 2.32. The number of hydrogen-bond acceptors (Lipinski definition) is 2. The third kappa shape index (κ3) is 2.84. The van der Waals surface area contributed by atoms with Gasteiger partial charge in [0.25, 0.3) is 0 Å². The third-order valence-corrected chi connectivity index (χ3v) is 4.32. The van der Waals surface area contributed by atoms with E-state index in [0.717, 1.165) is 16.8 Å². The highest BCUT2D eigenvalue weighted by molar-refractivity contribution is 6.36. The molecular weight excluding hydrogens is 343 g/mol. The van der Waals surface area contributed by atoms with Crippen LogP contribution in [0.15, 0.2) is 77.6 Å². The van der Waals surface area contributed by atoms with Crippen molar-refractivity contribution >= 4 is 23.2 Å². The van der Waals surface area contributed by atoms with E-state index in [1.165, 1.54) is 0 Å². The van der Waals surface area contributed by atoms with E-state index in [1.807, 2.05) is 65.5 Å². The fourth-order valence-electron chi connectivity index (χ4n) is 2.54. The summed E-state index contributed by atoms with van der Waals surface area (Å²) in [4.78, 5) is 0. The van der Waals surface area contributed by atoms with Crippen molar-refractivity contribution < 1.29 is 4.52 Å². The van der Waals surface area contributed by atoms with Gasteiger partial charge in [0.1, 0.15) is 5.69 Å². The van der Waals surface area contributed by atoms with E-state index in [4.69, 9.17) is 27.7 Å². The maximum Gasteiger partial charge on any atom is 0.167 e. The SMILES string of the molecule is Clc1ccc(-c2cc(-c3ccc(-n4cccc4)cc3)on2)c(Cl)c1. The Kier molecular flexibility index (Phi) is 3.89. The van der Waals surface area contributed by atoms with Crippen LogP contribution in [-0.4, -0.2) is 9.72 Å². The molecule has 0 radical (unpaired) electrons. The summed E-state index contributed by atoms with van der Waals surface area (Å²) >= 11 is 12.2. The van der Waals surface area contributed by atoms with Crippen molar-refractivity contribution in [2.75, 3.05) is 0 Å². The van der Waals surface area contributed by atoms with Gasteiger partial charge in [-0.25, -0.2) is 0 Å². The van der Waals surface area contributed by atoms with Gasteiger partial charge in [-0.2, -0.15) is 0 Å². The van der Waals surface area contributed by atoms with Gasteiger partial charge < -0.3 is 9.09 Å². The molecule has 2 aromatic heterocycles. The molecule has 2 aromatic carbocycles. The highest BCUT2D eigenvalue weighted by Gasteiger charge is 2.12. The summed E-state index contributed by atoms with van der Waals surface area (Å²) in [6.07, 6.45) is 4.01. The summed E-state index contributed by atoms with van der Waals surface area (Å²) in [5, 5.41) is 5.26. The average Bonchev–Trinajstić information content (AvgIpc) is 3.27. The number of halogens is 2. The monoisotopic (exact) mass is 354 g/mol. The van der Waals surface area contributed by atoms with Crippen LogP contribution in [0.4, 0.5) is 0 Å². The van der Waals surface area contributed by atoms with Crippen LogP contribution < -0.4 is 0 Å². The molecule has 4 aromatic rings. The summed E-state index contributed by atoms with van der Waals surface area (Å²) in [6.45, 7) is 0. The zero-order valence-electron chi connectivity index (χ0n) is 12.5. The van der Waals surface area contributed by atoms with Gasteiger partial charge in [-0.1, -0.05) is 28.4 Å². The Morgan fingerprint density at radius 1 is 0.875 bits per heavy atom. The Morgan fingerprint density at radius 2 is 1.62 bits per heavy atom. The molecule has 0 spiro atoms. The van der Waals surface area contributed by atoms with Gasteiger partial charge in [-0.15, -0.1) is 0 Å². The second-order valence-electron chi connectivity index (χ2n) is 5.34. The molecule has 118 valence electrons. The zero-order valence-corrected chi connectivity index (χ0v) is 14.0. The summed E-state index contributed by atoms with van der Waals surface area (Å²) in [7, 11) is 0. The Morgan fingerprint density at radius 3 is 2.33 bits per heavy atom. The molecule has 0 unspecified atom stereocenters. The molecule has 0 aliphatic heterocycles. The van der Waals surface area contributed by atoms with E-state index >= 15 is 0 Å². The topological polar surface area (TPSA) is 31.0 Å². The van der Waals surface area contributed by atoms with Gasteiger partial charge in [0.15, 0.2) is 5.76 Å². The van der Waals surface area contributed by atoms with E-state index < -0.39 is 0 Å². The first-order chi connectivity index (χ1) is 11.7. The molecule has 0 aliphatic carbocycles. The lowest BCUT2D eigenvalue weighted by molar-refractivity contribution is 0.435. The predicted octanol–water partition coefficient (Wildman–Crippen LogP) is 6.11. The fraction of sp³-hybridized carbons (Fsp3) is 0. The highest BCUT2D eigenvalue weighted by atomic mass is 35.5. The van der Waals surface area contributed by atoms with Crippen LogP contribution in [0.25, 0.3) is 28.3 Å². The van der Waals surface area contributed by atoms with Crippen molar-refractivity contribution in [1.82, 2.24) is 9.72 Å². The summed E-state index contributed by atoms with van der Waals surface area (Å²) in [5.41, 5.74) is 3.51. The first-order valence-corrected chi connectivity index (χ1v) is 8.12. The molecule has 3 nitrogen and oxygen atoms in total. The molecular formula is C19H12Cl2N2O. The van der Waals surface area contributed by atoms with E-state index in [9.17, 15) is 0 Å². The lowest BCUT2D eigenvalue weighted by Crippen LogP contribution is -1.88. The molecule has 0 N–H and O–H groups in total. The van der Waals surface area contributed by atoms with Crippen LogP contribution in [0.3, 0.4) is 0 Å². The van der Waals surface area contributed by atoms with Crippen molar-refractivity contribution in [1.29, 1.82) is 0 Å². The van der Waals surface area contributed by atoms with Gasteiger partial charge in [-0.05, 0) is 54.6 Å². The number of rotatable bonds is 3. The Labute approximate surface area is 149 Å². The fourth-order valence-corrected chi connectivity index (χ4v) is 3.05. The molecule has 0 aliphatic rings. The molecule has 0 fully saturated rings. The molecule has 24 heavy (non-hydrogen) atoms. The van der Waals surface area contributed by atoms with Crippen LogP contribution in [0.1, 0.15) is 0 Å². The third-order valence-electron chi connectivity index (χ3n) is 3.77. The molecule has 0 atom stereocenters. The maximum absolute atomic E-state index is 6.23. The van der Waals surface area contributed by atoms with Gasteiger partial charge in [0.05, 0.1) is 5.02 Å². The number of hydrogen-bond donors (Lipinski definition) is 0. The second kappa shape index (κ2) is 6.19.